The van der Waals surface area contributed by atoms with Crippen molar-refractivity contribution in [1.82, 2.24) is 4.98 Å². The van der Waals surface area contributed by atoms with Crippen molar-refractivity contribution in [3.05, 3.63) is 65.5 Å². The van der Waals surface area contributed by atoms with Crippen LogP contribution >= 0.6 is 0 Å². The van der Waals surface area contributed by atoms with Crippen LogP contribution in [0.3, 0.4) is 0 Å². The summed E-state index contributed by atoms with van der Waals surface area (Å²) in [7, 11) is 0. The topological polar surface area (TPSA) is 87.1 Å². The van der Waals surface area contributed by atoms with Crippen LogP contribution in [0.15, 0.2) is 52.9 Å². The van der Waals surface area contributed by atoms with Crippen LogP contribution in [0.2, 0.25) is 0 Å². The third-order valence-corrected chi connectivity index (χ3v) is 3.29. The van der Waals surface area contributed by atoms with Gasteiger partial charge in [-0.2, -0.15) is 5.26 Å². The zero-order chi connectivity index (χ0) is 16.2. The van der Waals surface area contributed by atoms with Gasteiger partial charge in [0.25, 0.3) is 0 Å². The highest BCUT2D eigenvalue weighted by Gasteiger charge is 2.14. The lowest BCUT2D eigenvalue weighted by Crippen LogP contribution is -1.97. The molecule has 0 unspecified atom stereocenters. The number of rotatable bonds is 4. The van der Waals surface area contributed by atoms with Crippen molar-refractivity contribution in [3.8, 4) is 6.07 Å². The van der Waals surface area contributed by atoms with E-state index in [4.69, 9.17) is 14.8 Å². The summed E-state index contributed by atoms with van der Waals surface area (Å²) in [4.78, 5) is 15.5. The molecule has 0 aliphatic heterocycles. The van der Waals surface area contributed by atoms with Crippen LogP contribution in [0, 0.1) is 11.3 Å². The number of carbonyl (C=O) groups is 1. The summed E-state index contributed by atoms with van der Waals surface area (Å²) >= 11 is 0. The van der Waals surface area contributed by atoms with Crippen molar-refractivity contribution in [2.75, 3.05) is 0 Å². The second-order valence-electron chi connectivity index (χ2n) is 4.96. The smallest absolute Gasteiger partial charge is 0.308 e. The molecule has 5 nitrogen and oxygen atoms in total. The Morgan fingerprint density at radius 2 is 1.96 bits per heavy atom. The van der Waals surface area contributed by atoms with Crippen LogP contribution in [0.1, 0.15) is 23.4 Å². The average Bonchev–Trinajstić information content (AvgIpc) is 2.98. The van der Waals surface area contributed by atoms with Crippen LogP contribution in [0.5, 0.6) is 0 Å². The maximum absolute atomic E-state index is 11.1. The lowest BCUT2D eigenvalue weighted by atomic mass is 10.1. The molecule has 0 fully saturated rings. The van der Waals surface area contributed by atoms with E-state index in [2.05, 4.69) is 4.98 Å². The van der Waals surface area contributed by atoms with Gasteiger partial charge in [0.1, 0.15) is 5.52 Å². The van der Waals surface area contributed by atoms with Gasteiger partial charge in [0.05, 0.1) is 18.1 Å². The van der Waals surface area contributed by atoms with Crippen molar-refractivity contribution < 1.29 is 14.3 Å². The SMILES string of the molecule is N#Cc1ccc(C=C(CC(=O)O)c2nc3ccccc3o2)cc1. The number of benzene rings is 2. The molecule has 3 aromatic rings. The van der Waals surface area contributed by atoms with Crippen molar-refractivity contribution in [2.45, 2.75) is 6.42 Å². The van der Waals surface area contributed by atoms with E-state index in [0.29, 0.717) is 22.2 Å². The summed E-state index contributed by atoms with van der Waals surface area (Å²) in [5.74, 6) is -0.676. The van der Waals surface area contributed by atoms with E-state index >= 15 is 0 Å². The standard InChI is InChI=1S/C18H12N2O3/c19-11-13-7-5-12(6-8-13)9-14(10-17(21)22)18-20-15-3-1-2-4-16(15)23-18/h1-9H,10H2,(H,21,22). The Hall–Kier alpha value is -3.39. The number of oxazole rings is 1. The normalized spacial score (nSPS) is 11.3. The van der Waals surface area contributed by atoms with Crippen LogP contribution in [-0.2, 0) is 4.79 Å². The van der Waals surface area contributed by atoms with Gasteiger partial charge >= 0.3 is 5.97 Å². The van der Waals surface area contributed by atoms with Crippen molar-refractivity contribution in [2.24, 2.45) is 0 Å². The van der Waals surface area contributed by atoms with Gasteiger partial charge in [0, 0.05) is 5.57 Å². The Labute approximate surface area is 132 Å². The van der Waals surface area contributed by atoms with Crippen molar-refractivity contribution in [1.29, 1.82) is 5.26 Å². The minimum absolute atomic E-state index is 0.202. The molecule has 23 heavy (non-hydrogen) atoms. The van der Waals surface area contributed by atoms with Gasteiger partial charge in [-0.25, -0.2) is 4.98 Å². The number of aromatic nitrogens is 1. The van der Waals surface area contributed by atoms with E-state index in [1.165, 1.54) is 0 Å². The molecule has 0 atom stereocenters. The molecule has 3 rings (SSSR count). The lowest BCUT2D eigenvalue weighted by Gasteiger charge is -2.01. The molecule has 0 saturated heterocycles. The molecule has 1 aromatic heterocycles. The summed E-state index contributed by atoms with van der Waals surface area (Å²) in [5.41, 5.74) is 3.09. The highest BCUT2D eigenvalue weighted by molar-refractivity contribution is 5.90. The summed E-state index contributed by atoms with van der Waals surface area (Å²) in [6.07, 6.45) is 1.51. The largest absolute Gasteiger partial charge is 0.481 e. The minimum Gasteiger partial charge on any atom is -0.481 e. The van der Waals surface area contributed by atoms with Gasteiger partial charge in [-0.3, -0.25) is 4.79 Å². The predicted octanol–water partition coefficient (Wildman–Crippen LogP) is 3.71. The number of carboxylic acid groups (broad SMARTS) is 1. The maximum atomic E-state index is 11.1. The van der Waals surface area contributed by atoms with E-state index in [9.17, 15) is 4.79 Å². The van der Waals surface area contributed by atoms with Crippen LogP contribution in [0.4, 0.5) is 0 Å². The molecule has 0 aliphatic carbocycles. The number of carboxylic acids is 1. The van der Waals surface area contributed by atoms with Crippen LogP contribution in [0.25, 0.3) is 22.7 Å². The monoisotopic (exact) mass is 304 g/mol. The molecule has 112 valence electrons. The van der Waals surface area contributed by atoms with E-state index in [-0.39, 0.29) is 12.3 Å². The predicted molar refractivity (Wildman–Crippen MR) is 85.3 cm³/mol. The third-order valence-electron chi connectivity index (χ3n) is 3.29. The minimum atomic E-state index is -0.966. The Bertz CT molecular complexity index is 898. The van der Waals surface area contributed by atoms with Gasteiger partial charge in [-0.05, 0) is 35.9 Å². The number of fused-ring (bicyclic) bond motifs is 1. The second kappa shape index (κ2) is 6.16. The third kappa shape index (κ3) is 3.27. The first-order valence-electron chi connectivity index (χ1n) is 6.94. The molecule has 0 amide bonds. The number of hydrogen-bond donors (Lipinski definition) is 1. The Morgan fingerprint density at radius 1 is 1.22 bits per heavy atom. The Balaban J connectivity index is 2.04. The van der Waals surface area contributed by atoms with E-state index in [1.54, 1.807) is 36.4 Å². The molecule has 1 N–H and O–H groups in total. The summed E-state index contributed by atoms with van der Waals surface area (Å²) in [6.45, 7) is 0. The molecule has 1 heterocycles. The molecule has 0 aliphatic rings. The Morgan fingerprint density at radius 3 is 2.61 bits per heavy atom. The van der Waals surface area contributed by atoms with Crippen molar-refractivity contribution in [3.63, 3.8) is 0 Å². The molecule has 0 radical (unpaired) electrons. The molecule has 0 saturated carbocycles. The second-order valence-corrected chi connectivity index (χ2v) is 4.96. The first-order chi connectivity index (χ1) is 11.2. The van der Waals surface area contributed by atoms with Crippen molar-refractivity contribution >= 4 is 28.7 Å². The Kier molecular flexibility index (Phi) is 3.89. The van der Waals surface area contributed by atoms with Crippen LogP contribution < -0.4 is 0 Å². The maximum Gasteiger partial charge on any atom is 0.308 e. The summed E-state index contributed by atoms with van der Waals surface area (Å²) in [6, 6.07) is 16.2. The zero-order valence-electron chi connectivity index (χ0n) is 12.1. The summed E-state index contributed by atoms with van der Waals surface area (Å²) < 4.78 is 5.65. The number of para-hydroxylation sites is 2. The number of nitriles is 1. The summed E-state index contributed by atoms with van der Waals surface area (Å²) in [5, 5.41) is 17.9. The molecular formula is C18H12N2O3. The quantitative estimate of drug-likeness (QED) is 0.793. The highest BCUT2D eigenvalue weighted by atomic mass is 16.4. The first kappa shape index (κ1) is 14.5. The zero-order valence-corrected chi connectivity index (χ0v) is 12.1. The number of nitrogens with zero attached hydrogens (tertiary/aromatic N) is 2. The number of hydrogen-bond acceptors (Lipinski definition) is 4. The van der Waals surface area contributed by atoms with Gasteiger partial charge in [0.2, 0.25) is 5.89 Å². The molecule has 5 heteroatoms. The molecule has 0 spiro atoms. The highest BCUT2D eigenvalue weighted by Crippen LogP contribution is 2.25. The fourth-order valence-electron chi connectivity index (χ4n) is 2.22. The van der Waals surface area contributed by atoms with E-state index in [1.807, 2.05) is 24.3 Å². The van der Waals surface area contributed by atoms with Gasteiger partial charge in [-0.15, -0.1) is 0 Å². The molecule has 0 bridgehead atoms. The van der Waals surface area contributed by atoms with Crippen LogP contribution in [-0.4, -0.2) is 16.1 Å². The fraction of sp³-hybridized carbons (Fsp3) is 0.0556. The van der Waals surface area contributed by atoms with E-state index < -0.39 is 5.97 Å². The number of aliphatic carboxylic acids is 1. The van der Waals surface area contributed by atoms with E-state index in [0.717, 1.165) is 5.56 Å². The first-order valence-corrected chi connectivity index (χ1v) is 6.94. The molecular weight excluding hydrogens is 292 g/mol. The molecule has 2 aromatic carbocycles. The van der Waals surface area contributed by atoms with Gasteiger partial charge < -0.3 is 9.52 Å². The lowest BCUT2D eigenvalue weighted by molar-refractivity contribution is -0.135. The fourth-order valence-corrected chi connectivity index (χ4v) is 2.22. The average molecular weight is 304 g/mol. The van der Waals surface area contributed by atoms with Gasteiger partial charge in [0.15, 0.2) is 5.58 Å². The van der Waals surface area contributed by atoms with Gasteiger partial charge in [-0.1, -0.05) is 24.3 Å².